The van der Waals surface area contributed by atoms with Crippen molar-refractivity contribution >= 4 is 5.69 Å². The molecule has 0 fully saturated rings. The zero-order chi connectivity index (χ0) is 13.0. The van der Waals surface area contributed by atoms with Gasteiger partial charge in [0, 0.05) is 17.8 Å². The molecule has 0 aliphatic rings. The van der Waals surface area contributed by atoms with Crippen LogP contribution in [0.15, 0.2) is 36.7 Å². The summed E-state index contributed by atoms with van der Waals surface area (Å²) in [4.78, 5) is 3.74. The summed E-state index contributed by atoms with van der Waals surface area (Å²) in [6.45, 7) is 0.197. The van der Waals surface area contributed by atoms with Crippen molar-refractivity contribution in [2.24, 2.45) is 0 Å². The van der Waals surface area contributed by atoms with Gasteiger partial charge in [0.15, 0.2) is 0 Å². The molecule has 0 atom stereocenters. The first kappa shape index (κ1) is 12.2. The first-order valence-electron chi connectivity index (χ1n) is 5.35. The molecule has 0 saturated heterocycles. The SMILES string of the molecule is COc1ccc(N)c(OCc2cncc(F)c2)c1. The van der Waals surface area contributed by atoms with Crippen molar-refractivity contribution in [3.8, 4) is 11.5 Å². The van der Waals surface area contributed by atoms with Crippen LogP contribution in [-0.4, -0.2) is 12.1 Å². The van der Waals surface area contributed by atoms with E-state index in [2.05, 4.69) is 4.98 Å². The maximum Gasteiger partial charge on any atom is 0.146 e. The Labute approximate surface area is 104 Å². The number of ether oxygens (including phenoxy) is 2. The number of benzene rings is 1. The zero-order valence-electron chi connectivity index (χ0n) is 9.89. The summed E-state index contributed by atoms with van der Waals surface area (Å²) in [6.07, 6.45) is 2.68. The number of hydrogen-bond acceptors (Lipinski definition) is 4. The van der Waals surface area contributed by atoms with E-state index in [-0.39, 0.29) is 6.61 Å². The quantitative estimate of drug-likeness (QED) is 0.844. The summed E-state index contributed by atoms with van der Waals surface area (Å²) in [5.74, 6) is 0.755. The van der Waals surface area contributed by atoms with Crippen molar-refractivity contribution in [3.63, 3.8) is 0 Å². The third kappa shape index (κ3) is 2.88. The van der Waals surface area contributed by atoms with Crippen molar-refractivity contribution in [3.05, 3.63) is 48.0 Å². The Kier molecular flexibility index (Phi) is 3.62. The minimum absolute atomic E-state index is 0.197. The largest absolute Gasteiger partial charge is 0.497 e. The number of rotatable bonds is 4. The number of halogens is 1. The second-order valence-electron chi connectivity index (χ2n) is 3.70. The first-order valence-corrected chi connectivity index (χ1v) is 5.35. The van der Waals surface area contributed by atoms with E-state index in [1.54, 1.807) is 31.5 Å². The predicted octanol–water partition coefficient (Wildman–Crippen LogP) is 2.39. The van der Waals surface area contributed by atoms with Crippen LogP contribution >= 0.6 is 0 Å². The molecule has 1 heterocycles. The molecule has 0 bridgehead atoms. The van der Waals surface area contributed by atoms with Crippen LogP contribution in [0.5, 0.6) is 11.5 Å². The van der Waals surface area contributed by atoms with Gasteiger partial charge in [-0.2, -0.15) is 0 Å². The van der Waals surface area contributed by atoms with Gasteiger partial charge in [-0.25, -0.2) is 4.39 Å². The lowest BCUT2D eigenvalue weighted by atomic mass is 10.2. The number of nitrogens with two attached hydrogens (primary N) is 1. The van der Waals surface area contributed by atoms with Crippen LogP contribution in [0.1, 0.15) is 5.56 Å². The monoisotopic (exact) mass is 248 g/mol. The lowest BCUT2D eigenvalue weighted by molar-refractivity contribution is 0.304. The van der Waals surface area contributed by atoms with Crippen LogP contribution in [0, 0.1) is 5.82 Å². The summed E-state index contributed by atoms with van der Waals surface area (Å²) in [5, 5.41) is 0. The Morgan fingerprint density at radius 1 is 1.28 bits per heavy atom. The molecular weight excluding hydrogens is 235 g/mol. The standard InChI is InChI=1S/C13H13FN2O2/c1-17-11-2-3-12(15)13(5-11)18-8-9-4-10(14)7-16-6-9/h2-7H,8,15H2,1H3. The molecule has 0 unspecified atom stereocenters. The second kappa shape index (κ2) is 5.35. The third-order valence-electron chi connectivity index (χ3n) is 2.38. The third-order valence-corrected chi connectivity index (χ3v) is 2.38. The average molecular weight is 248 g/mol. The number of nitrogen functional groups attached to an aromatic ring is 1. The van der Waals surface area contributed by atoms with Gasteiger partial charge >= 0.3 is 0 Å². The Bertz CT molecular complexity index is 546. The molecule has 0 amide bonds. The van der Waals surface area contributed by atoms with E-state index in [4.69, 9.17) is 15.2 Å². The van der Waals surface area contributed by atoms with Gasteiger partial charge in [-0.1, -0.05) is 0 Å². The van der Waals surface area contributed by atoms with E-state index in [9.17, 15) is 4.39 Å². The van der Waals surface area contributed by atoms with E-state index in [0.717, 1.165) is 6.20 Å². The van der Waals surface area contributed by atoms with Crippen LogP contribution in [0.3, 0.4) is 0 Å². The molecule has 4 nitrogen and oxygen atoms in total. The number of anilines is 1. The summed E-state index contributed by atoms with van der Waals surface area (Å²) >= 11 is 0. The van der Waals surface area contributed by atoms with Crippen LogP contribution in [0.2, 0.25) is 0 Å². The topological polar surface area (TPSA) is 57.4 Å². The predicted molar refractivity (Wildman–Crippen MR) is 65.9 cm³/mol. The Morgan fingerprint density at radius 3 is 2.83 bits per heavy atom. The van der Waals surface area contributed by atoms with Gasteiger partial charge in [-0.3, -0.25) is 4.98 Å². The highest BCUT2D eigenvalue weighted by Crippen LogP contribution is 2.27. The van der Waals surface area contributed by atoms with Crippen molar-refractivity contribution in [2.45, 2.75) is 6.61 Å². The van der Waals surface area contributed by atoms with E-state index < -0.39 is 5.82 Å². The maximum absolute atomic E-state index is 12.9. The summed E-state index contributed by atoms with van der Waals surface area (Å²) in [5.41, 5.74) is 6.90. The molecule has 0 saturated carbocycles. The van der Waals surface area contributed by atoms with Gasteiger partial charge in [-0.15, -0.1) is 0 Å². The number of hydrogen-bond donors (Lipinski definition) is 1. The number of nitrogens with zero attached hydrogens (tertiary/aromatic N) is 1. The number of methoxy groups -OCH3 is 1. The van der Waals surface area contributed by atoms with Crippen LogP contribution in [-0.2, 0) is 6.61 Å². The number of aromatic nitrogens is 1. The summed E-state index contributed by atoms with van der Waals surface area (Å²) in [7, 11) is 1.56. The van der Waals surface area contributed by atoms with Crippen molar-refractivity contribution in [2.75, 3.05) is 12.8 Å². The molecule has 94 valence electrons. The number of pyridine rings is 1. The van der Waals surface area contributed by atoms with Crippen molar-refractivity contribution < 1.29 is 13.9 Å². The Morgan fingerprint density at radius 2 is 2.11 bits per heavy atom. The summed E-state index contributed by atoms with van der Waals surface area (Å²) < 4.78 is 23.5. The lowest BCUT2D eigenvalue weighted by Gasteiger charge is -2.10. The maximum atomic E-state index is 12.9. The fourth-order valence-electron chi connectivity index (χ4n) is 1.46. The molecule has 18 heavy (non-hydrogen) atoms. The lowest BCUT2D eigenvalue weighted by Crippen LogP contribution is -2.00. The Hall–Kier alpha value is -2.30. The van der Waals surface area contributed by atoms with E-state index in [1.807, 2.05) is 0 Å². The highest BCUT2D eigenvalue weighted by Gasteiger charge is 2.04. The first-order chi connectivity index (χ1) is 8.69. The second-order valence-corrected chi connectivity index (χ2v) is 3.70. The molecule has 0 spiro atoms. The van der Waals surface area contributed by atoms with Crippen LogP contribution in [0.4, 0.5) is 10.1 Å². The van der Waals surface area contributed by atoms with E-state index >= 15 is 0 Å². The van der Waals surface area contributed by atoms with E-state index in [0.29, 0.717) is 22.7 Å². The van der Waals surface area contributed by atoms with Gasteiger partial charge in [0.2, 0.25) is 0 Å². The molecular formula is C13H13FN2O2. The minimum atomic E-state index is -0.394. The molecule has 1 aromatic carbocycles. The fraction of sp³-hybridized carbons (Fsp3) is 0.154. The minimum Gasteiger partial charge on any atom is -0.497 e. The van der Waals surface area contributed by atoms with E-state index in [1.165, 1.54) is 6.07 Å². The van der Waals surface area contributed by atoms with Crippen LogP contribution < -0.4 is 15.2 Å². The normalized spacial score (nSPS) is 10.1. The van der Waals surface area contributed by atoms with Gasteiger partial charge in [0.1, 0.15) is 23.9 Å². The molecule has 0 aliphatic heterocycles. The smallest absolute Gasteiger partial charge is 0.146 e. The van der Waals surface area contributed by atoms with Crippen molar-refractivity contribution in [1.29, 1.82) is 0 Å². The zero-order valence-corrected chi connectivity index (χ0v) is 9.89. The highest BCUT2D eigenvalue weighted by molar-refractivity contribution is 5.55. The molecule has 5 heteroatoms. The fourth-order valence-corrected chi connectivity index (χ4v) is 1.46. The Balaban J connectivity index is 2.10. The van der Waals surface area contributed by atoms with Gasteiger partial charge in [-0.05, 0) is 18.2 Å². The molecule has 2 aromatic rings. The van der Waals surface area contributed by atoms with Crippen LogP contribution in [0.25, 0.3) is 0 Å². The molecule has 1 aromatic heterocycles. The van der Waals surface area contributed by atoms with Crippen molar-refractivity contribution in [1.82, 2.24) is 4.98 Å². The average Bonchev–Trinajstić information content (AvgIpc) is 2.38. The van der Waals surface area contributed by atoms with Gasteiger partial charge < -0.3 is 15.2 Å². The molecule has 2 N–H and O–H groups in total. The molecule has 2 rings (SSSR count). The van der Waals surface area contributed by atoms with Gasteiger partial charge in [0.05, 0.1) is 19.0 Å². The molecule has 0 aliphatic carbocycles. The highest BCUT2D eigenvalue weighted by atomic mass is 19.1. The summed E-state index contributed by atoms with van der Waals surface area (Å²) in [6, 6.07) is 6.48. The van der Waals surface area contributed by atoms with Gasteiger partial charge in [0.25, 0.3) is 0 Å². The molecule has 0 radical (unpaired) electrons.